The molecule has 0 bridgehead atoms. The summed E-state index contributed by atoms with van der Waals surface area (Å²) < 4.78 is 61.4. The van der Waals surface area contributed by atoms with E-state index in [0.717, 1.165) is 0 Å². The summed E-state index contributed by atoms with van der Waals surface area (Å²) in [5, 5.41) is 0. The van der Waals surface area contributed by atoms with E-state index in [1.807, 2.05) is 0 Å². The number of aryl methyl sites for hydroxylation is 1. The third-order valence-electron chi connectivity index (χ3n) is 5.10. The smallest absolute Gasteiger partial charge is 0.399 e. The van der Waals surface area contributed by atoms with Crippen LogP contribution in [0.1, 0.15) is 43.0 Å². The van der Waals surface area contributed by atoms with Gasteiger partial charge in [0.05, 0.1) is 6.61 Å². The van der Waals surface area contributed by atoms with Crippen LogP contribution in [0.25, 0.3) is 5.69 Å². The number of carbonyl (C=O) groups excluding carboxylic acids is 1. The average Bonchev–Trinajstić information content (AvgIpc) is 3.33. The largest absolute Gasteiger partial charge is 0.466 e. The molecule has 1 aliphatic carbocycles. The van der Waals surface area contributed by atoms with Crippen molar-refractivity contribution in [3.8, 4) is 5.69 Å². The molecule has 0 atom stereocenters. The van der Waals surface area contributed by atoms with Gasteiger partial charge in [0, 0.05) is 24.0 Å². The van der Waals surface area contributed by atoms with Crippen molar-refractivity contribution in [3.05, 3.63) is 53.1 Å². The molecule has 1 aromatic heterocycles. The first-order valence-electron chi connectivity index (χ1n) is 8.89. The van der Waals surface area contributed by atoms with Crippen molar-refractivity contribution in [3.63, 3.8) is 0 Å². The predicted octanol–water partition coefficient (Wildman–Crippen LogP) is 5.01. The lowest BCUT2D eigenvalue weighted by molar-refractivity contribution is -0.162. The molecule has 0 radical (unpaired) electrons. The Hall–Kier alpha value is -2.31. The second-order valence-corrected chi connectivity index (χ2v) is 6.86. The fourth-order valence-electron chi connectivity index (χ4n) is 3.57. The zero-order valence-electron chi connectivity index (χ0n) is 15.2. The highest BCUT2D eigenvalue weighted by Crippen LogP contribution is 2.60. The fourth-order valence-corrected chi connectivity index (χ4v) is 3.57. The number of hydrogen-bond acceptors (Lipinski definition) is 2. The molecule has 1 aliphatic rings. The molecule has 3 nitrogen and oxygen atoms in total. The van der Waals surface area contributed by atoms with E-state index in [1.165, 1.54) is 22.8 Å². The number of benzene rings is 1. The standard InChI is InChI=1S/C20H21F4NO2/c1-3-27-17(26)8-7-14-12-25(16-6-4-5-15(21)11-16)18(13(14)2)19(9-10-19)20(22,23)24/h4-6,11-12H,3,7-10H2,1-2H3. The first-order valence-corrected chi connectivity index (χ1v) is 8.89. The number of ether oxygens (including phenoxy) is 1. The van der Waals surface area contributed by atoms with E-state index in [1.54, 1.807) is 26.1 Å². The van der Waals surface area contributed by atoms with E-state index in [4.69, 9.17) is 4.74 Å². The van der Waals surface area contributed by atoms with Gasteiger partial charge < -0.3 is 9.30 Å². The van der Waals surface area contributed by atoms with Gasteiger partial charge in [-0.15, -0.1) is 0 Å². The van der Waals surface area contributed by atoms with Gasteiger partial charge >= 0.3 is 12.1 Å². The van der Waals surface area contributed by atoms with E-state index in [-0.39, 0.29) is 38.0 Å². The molecular weight excluding hydrogens is 362 g/mol. The Bertz CT molecular complexity index is 850. The lowest BCUT2D eigenvalue weighted by atomic mass is 9.95. The summed E-state index contributed by atoms with van der Waals surface area (Å²) in [6.45, 7) is 3.59. The number of alkyl halides is 3. The quantitative estimate of drug-likeness (QED) is 0.518. The molecule has 1 heterocycles. The van der Waals surface area contributed by atoms with Crippen molar-refractivity contribution in [1.29, 1.82) is 0 Å². The fraction of sp³-hybridized carbons (Fsp3) is 0.450. The minimum Gasteiger partial charge on any atom is -0.466 e. The van der Waals surface area contributed by atoms with Crippen molar-refractivity contribution in [2.75, 3.05) is 6.61 Å². The van der Waals surface area contributed by atoms with Crippen LogP contribution in [-0.2, 0) is 21.4 Å². The first-order chi connectivity index (χ1) is 12.7. The molecule has 0 amide bonds. The van der Waals surface area contributed by atoms with Gasteiger partial charge in [0.2, 0.25) is 0 Å². The van der Waals surface area contributed by atoms with Crippen molar-refractivity contribution >= 4 is 5.97 Å². The average molecular weight is 383 g/mol. The van der Waals surface area contributed by atoms with Gasteiger partial charge in [0.25, 0.3) is 0 Å². The third-order valence-corrected chi connectivity index (χ3v) is 5.10. The zero-order chi connectivity index (χ0) is 19.8. The molecule has 1 saturated carbocycles. The van der Waals surface area contributed by atoms with Crippen LogP contribution in [0.3, 0.4) is 0 Å². The lowest BCUT2D eigenvalue weighted by Crippen LogP contribution is -2.31. The number of rotatable bonds is 6. The number of hydrogen-bond donors (Lipinski definition) is 0. The van der Waals surface area contributed by atoms with Crippen LogP contribution in [0, 0.1) is 12.7 Å². The van der Waals surface area contributed by atoms with Gasteiger partial charge in [-0.2, -0.15) is 13.2 Å². The molecule has 2 aromatic rings. The highest BCUT2D eigenvalue weighted by atomic mass is 19.4. The minimum atomic E-state index is -4.39. The Balaban J connectivity index is 2.06. The number of halogens is 4. The van der Waals surface area contributed by atoms with Gasteiger partial charge in [0.1, 0.15) is 11.2 Å². The maximum Gasteiger partial charge on any atom is 0.399 e. The summed E-state index contributed by atoms with van der Waals surface area (Å²) in [7, 11) is 0. The summed E-state index contributed by atoms with van der Waals surface area (Å²) in [5.74, 6) is -0.913. The monoisotopic (exact) mass is 383 g/mol. The molecule has 3 rings (SSSR count). The molecule has 27 heavy (non-hydrogen) atoms. The van der Waals surface area contributed by atoms with E-state index in [0.29, 0.717) is 16.8 Å². The minimum absolute atomic E-state index is 0.00792. The molecule has 0 aliphatic heterocycles. The Labute approximate surface area is 154 Å². The Morgan fingerprint density at radius 3 is 2.56 bits per heavy atom. The third kappa shape index (κ3) is 3.59. The highest BCUT2D eigenvalue weighted by Gasteiger charge is 2.66. The van der Waals surface area contributed by atoms with Crippen LogP contribution >= 0.6 is 0 Å². The SMILES string of the molecule is CCOC(=O)CCc1cn(-c2cccc(F)c2)c(C2(C(F)(F)F)CC2)c1C. The van der Waals surface area contributed by atoms with E-state index < -0.39 is 23.4 Å². The molecule has 1 aromatic carbocycles. The highest BCUT2D eigenvalue weighted by molar-refractivity contribution is 5.69. The van der Waals surface area contributed by atoms with E-state index in [9.17, 15) is 22.4 Å². The van der Waals surface area contributed by atoms with Crippen LogP contribution in [0.4, 0.5) is 17.6 Å². The number of carbonyl (C=O) groups is 1. The van der Waals surface area contributed by atoms with Crippen molar-refractivity contribution in [2.24, 2.45) is 0 Å². The number of aromatic nitrogens is 1. The maximum absolute atomic E-state index is 13.8. The summed E-state index contributed by atoms with van der Waals surface area (Å²) in [6.07, 6.45) is -2.43. The molecule has 0 saturated heterocycles. The number of esters is 1. The first kappa shape index (κ1) is 19.5. The molecule has 0 spiro atoms. The van der Waals surface area contributed by atoms with Crippen LogP contribution in [0.15, 0.2) is 30.5 Å². The van der Waals surface area contributed by atoms with Gasteiger partial charge in [-0.25, -0.2) is 4.39 Å². The zero-order valence-corrected chi connectivity index (χ0v) is 15.2. The topological polar surface area (TPSA) is 31.2 Å². The summed E-state index contributed by atoms with van der Waals surface area (Å²) in [5.41, 5.74) is -0.298. The van der Waals surface area contributed by atoms with Crippen LogP contribution in [0.5, 0.6) is 0 Å². The second-order valence-electron chi connectivity index (χ2n) is 6.86. The normalized spacial score (nSPS) is 15.6. The van der Waals surface area contributed by atoms with Crippen LogP contribution in [-0.4, -0.2) is 23.3 Å². The molecule has 0 N–H and O–H groups in total. The van der Waals surface area contributed by atoms with Crippen LogP contribution < -0.4 is 0 Å². The van der Waals surface area contributed by atoms with Crippen LogP contribution in [0.2, 0.25) is 0 Å². The second kappa shape index (κ2) is 7.02. The van der Waals surface area contributed by atoms with Crippen molar-refractivity contribution < 1.29 is 27.1 Å². The van der Waals surface area contributed by atoms with Gasteiger partial charge in [-0.3, -0.25) is 4.79 Å². The maximum atomic E-state index is 13.8. The molecule has 7 heteroatoms. The van der Waals surface area contributed by atoms with Crippen molar-refractivity contribution in [1.82, 2.24) is 4.57 Å². The summed E-state index contributed by atoms with van der Waals surface area (Å²) in [6, 6.07) is 5.51. The summed E-state index contributed by atoms with van der Waals surface area (Å²) >= 11 is 0. The lowest BCUT2D eigenvalue weighted by Gasteiger charge is -2.23. The molecule has 146 valence electrons. The Morgan fingerprint density at radius 1 is 1.30 bits per heavy atom. The predicted molar refractivity (Wildman–Crippen MR) is 92.4 cm³/mol. The van der Waals surface area contributed by atoms with E-state index in [2.05, 4.69) is 0 Å². The molecule has 1 fully saturated rings. The molecule has 0 unspecified atom stereocenters. The Kier molecular flexibility index (Phi) is 5.06. The summed E-state index contributed by atoms with van der Waals surface area (Å²) in [4.78, 5) is 11.6. The van der Waals surface area contributed by atoms with Gasteiger partial charge in [-0.1, -0.05) is 6.07 Å². The van der Waals surface area contributed by atoms with Crippen molar-refractivity contribution in [2.45, 2.75) is 51.1 Å². The number of nitrogens with zero attached hydrogens (tertiary/aromatic N) is 1. The molecular formula is C20H21F4NO2. The van der Waals surface area contributed by atoms with E-state index >= 15 is 0 Å². The van der Waals surface area contributed by atoms with Gasteiger partial charge in [-0.05, 0) is 62.4 Å². The Morgan fingerprint density at radius 2 is 2.00 bits per heavy atom. The van der Waals surface area contributed by atoms with Gasteiger partial charge in [0.15, 0.2) is 0 Å².